The number of esters is 1. The standard InChI is InChI=1S/C34H50N3O7P/c1-9-42-33(38)31-30(28-16-13-17-29(22-28)37(39)40)32(45(41,43-20-18-24(2)3)44-21-19-25(4)5)26(6)35-34(31,7)36(8)23-27-14-11-10-12-15-27/h10-17,22,24-25,30-31,35H,9,18-21,23H2,1-8H3. The molecule has 3 rings (SSSR count). The number of nitrogens with zero attached hydrogens (tertiary/aromatic N) is 2. The predicted octanol–water partition coefficient (Wildman–Crippen LogP) is 7.86. The molecule has 1 heterocycles. The van der Waals surface area contributed by atoms with Crippen LogP contribution in [-0.4, -0.2) is 48.3 Å². The molecule has 1 aliphatic rings. The fourth-order valence-corrected chi connectivity index (χ4v) is 7.89. The average Bonchev–Trinajstić information content (AvgIpc) is 2.97. The van der Waals surface area contributed by atoms with Gasteiger partial charge in [-0.15, -0.1) is 0 Å². The molecule has 0 aromatic heterocycles. The predicted molar refractivity (Wildman–Crippen MR) is 177 cm³/mol. The van der Waals surface area contributed by atoms with Crippen LogP contribution in [-0.2, 0) is 29.7 Å². The minimum absolute atomic E-state index is 0.126. The lowest BCUT2D eigenvalue weighted by Crippen LogP contribution is -2.65. The van der Waals surface area contributed by atoms with Crippen LogP contribution in [0.4, 0.5) is 5.69 Å². The van der Waals surface area contributed by atoms with Crippen LogP contribution in [0.3, 0.4) is 0 Å². The third-order valence-electron chi connectivity index (χ3n) is 8.30. The molecule has 10 nitrogen and oxygen atoms in total. The fourth-order valence-electron chi connectivity index (χ4n) is 5.74. The smallest absolute Gasteiger partial charge is 0.359 e. The molecule has 45 heavy (non-hydrogen) atoms. The lowest BCUT2D eigenvalue weighted by molar-refractivity contribution is -0.384. The van der Waals surface area contributed by atoms with Crippen molar-refractivity contribution >= 4 is 19.3 Å². The number of hydrogen-bond donors (Lipinski definition) is 1. The van der Waals surface area contributed by atoms with E-state index in [1.54, 1.807) is 26.0 Å². The molecule has 0 spiro atoms. The third kappa shape index (κ3) is 9.03. The van der Waals surface area contributed by atoms with Gasteiger partial charge >= 0.3 is 13.6 Å². The second-order valence-electron chi connectivity index (χ2n) is 12.7. The topological polar surface area (TPSA) is 120 Å². The molecule has 0 radical (unpaired) electrons. The molecule has 3 unspecified atom stereocenters. The van der Waals surface area contributed by atoms with Gasteiger partial charge in [0.05, 0.1) is 30.1 Å². The minimum atomic E-state index is -4.05. The Morgan fingerprint density at radius 1 is 1.04 bits per heavy atom. The first-order chi connectivity index (χ1) is 21.2. The first-order valence-corrected chi connectivity index (χ1v) is 17.3. The molecule has 1 N–H and O–H groups in total. The highest BCUT2D eigenvalue weighted by molar-refractivity contribution is 7.58. The van der Waals surface area contributed by atoms with Gasteiger partial charge in [0.2, 0.25) is 0 Å². The normalized spacial score (nSPS) is 20.5. The molecule has 0 saturated heterocycles. The van der Waals surface area contributed by atoms with E-state index in [2.05, 4.69) is 33.0 Å². The monoisotopic (exact) mass is 643 g/mol. The molecule has 0 aliphatic carbocycles. The maximum absolute atomic E-state index is 15.1. The summed E-state index contributed by atoms with van der Waals surface area (Å²) in [7, 11) is -2.14. The summed E-state index contributed by atoms with van der Waals surface area (Å²) >= 11 is 0. The molecule has 1 aliphatic heterocycles. The van der Waals surface area contributed by atoms with E-state index in [0.717, 1.165) is 5.56 Å². The quantitative estimate of drug-likeness (QED) is 0.0843. The maximum Gasteiger partial charge on any atom is 0.359 e. The van der Waals surface area contributed by atoms with Crippen molar-refractivity contribution in [1.82, 2.24) is 10.2 Å². The molecule has 248 valence electrons. The van der Waals surface area contributed by atoms with Gasteiger partial charge in [-0.3, -0.25) is 24.4 Å². The zero-order chi connectivity index (χ0) is 33.4. The van der Waals surface area contributed by atoms with Gasteiger partial charge in [0.1, 0.15) is 11.6 Å². The van der Waals surface area contributed by atoms with Crippen molar-refractivity contribution in [3.63, 3.8) is 0 Å². The molecule has 11 heteroatoms. The average molecular weight is 644 g/mol. The Kier molecular flexibility index (Phi) is 12.9. The summed E-state index contributed by atoms with van der Waals surface area (Å²) in [5, 5.41) is 15.7. The number of allylic oxidation sites excluding steroid dienone is 2. The van der Waals surface area contributed by atoms with Gasteiger partial charge in [-0.05, 0) is 63.6 Å². The first kappa shape index (κ1) is 36.4. The van der Waals surface area contributed by atoms with Crippen LogP contribution in [0, 0.1) is 27.9 Å². The van der Waals surface area contributed by atoms with Crippen molar-refractivity contribution in [2.45, 2.75) is 79.4 Å². The van der Waals surface area contributed by atoms with Crippen LogP contribution >= 0.6 is 7.60 Å². The number of ether oxygens (including phenoxy) is 1. The van der Waals surface area contributed by atoms with E-state index in [4.69, 9.17) is 13.8 Å². The minimum Gasteiger partial charge on any atom is -0.466 e. The second kappa shape index (κ2) is 16.0. The van der Waals surface area contributed by atoms with Gasteiger partial charge in [0.15, 0.2) is 0 Å². The van der Waals surface area contributed by atoms with Gasteiger partial charge in [0.25, 0.3) is 5.69 Å². The molecular formula is C34H50N3O7P. The van der Waals surface area contributed by atoms with Crippen molar-refractivity contribution in [3.8, 4) is 0 Å². The zero-order valence-electron chi connectivity index (χ0n) is 27.9. The van der Waals surface area contributed by atoms with Crippen LogP contribution in [0.15, 0.2) is 65.6 Å². The van der Waals surface area contributed by atoms with Crippen molar-refractivity contribution in [1.29, 1.82) is 0 Å². The van der Waals surface area contributed by atoms with Gasteiger partial charge in [-0.25, -0.2) is 0 Å². The summed E-state index contributed by atoms with van der Waals surface area (Å²) in [6, 6.07) is 16.0. The van der Waals surface area contributed by atoms with Crippen molar-refractivity contribution in [2.24, 2.45) is 17.8 Å². The van der Waals surface area contributed by atoms with Crippen LogP contribution in [0.5, 0.6) is 0 Å². The Labute approximate surface area is 268 Å². The number of benzene rings is 2. The lowest BCUT2D eigenvalue weighted by Gasteiger charge is -2.52. The maximum atomic E-state index is 15.1. The molecule has 0 bridgehead atoms. The van der Waals surface area contributed by atoms with E-state index in [-0.39, 0.29) is 25.5 Å². The Morgan fingerprint density at radius 2 is 1.64 bits per heavy atom. The number of carbonyl (C=O) groups excluding carboxylic acids is 1. The van der Waals surface area contributed by atoms with E-state index in [0.29, 0.717) is 47.8 Å². The van der Waals surface area contributed by atoms with Crippen molar-refractivity contribution in [3.05, 3.63) is 86.8 Å². The molecule has 0 fully saturated rings. The van der Waals surface area contributed by atoms with Crippen LogP contribution in [0.25, 0.3) is 0 Å². The lowest BCUT2D eigenvalue weighted by atomic mass is 9.74. The Morgan fingerprint density at radius 3 is 2.18 bits per heavy atom. The number of carbonyl (C=O) groups is 1. The number of hydrogen-bond acceptors (Lipinski definition) is 9. The van der Waals surface area contributed by atoms with Crippen LogP contribution in [0.1, 0.15) is 78.4 Å². The van der Waals surface area contributed by atoms with Gasteiger partial charge in [-0.2, -0.15) is 0 Å². The van der Waals surface area contributed by atoms with Crippen LogP contribution in [0.2, 0.25) is 0 Å². The van der Waals surface area contributed by atoms with E-state index in [1.807, 2.05) is 49.2 Å². The third-order valence-corrected chi connectivity index (χ3v) is 10.6. The molecular weight excluding hydrogens is 593 g/mol. The first-order valence-electron chi connectivity index (χ1n) is 15.8. The molecule has 3 atom stereocenters. The van der Waals surface area contributed by atoms with Gasteiger partial charge in [0, 0.05) is 30.3 Å². The summed E-state index contributed by atoms with van der Waals surface area (Å²) in [5.74, 6) is -1.84. The summed E-state index contributed by atoms with van der Waals surface area (Å²) in [6.45, 7) is 14.6. The number of nitro benzene ring substituents is 1. The highest BCUT2D eigenvalue weighted by Gasteiger charge is 2.57. The van der Waals surface area contributed by atoms with Gasteiger partial charge in [-0.1, -0.05) is 70.2 Å². The summed E-state index contributed by atoms with van der Waals surface area (Å²) in [5.41, 5.74) is 0.821. The van der Waals surface area contributed by atoms with Crippen molar-refractivity contribution < 1.29 is 28.1 Å². The largest absolute Gasteiger partial charge is 0.466 e. The molecule has 0 saturated carbocycles. The number of rotatable bonds is 16. The van der Waals surface area contributed by atoms with Crippen LogP contribution < -0.4 is 5.32 Å². The van der Waals surface area contributed by atoms with Crippen molar-refractivity contribution in [2.75, 3.05) is 26.9 Å². The molecule has 2 aromatic carbocycles. The Hall–Kier alpha value is -3.04. The van der Waals surface area contributed by atoms with E-state index in [1.165, 1.54) is 12.1 Å². The fraction of sp³-hybridized carbons (Fsp3) is 0.559. The number of nitro groups is 1. The number of non-ortho nitro benzene ring substituents is 1. The summed E-state index contributed by atoms with van der Waals surface area (Å²) < 4.78 is 33.2. The van der Waals surface area contributed by atoms with Gasteiger partial charge < -0.3 is 19.1 Å². The highest BCUT2D eigenvalue weighted by atomic mass is 31.2. The Balaban J connectivity index is 2.30. The molecule has 2 aromatic rings. The second-order valence-corrected chi connectivity index (χ2v) is 14.7. The van der Waals surface area contributed by atoms with E-state index < -0.39 is 36.0 Å². The highest BCUT2D eigenvalue weighted by Crippen LogP contribution is 2.65. The van der Waals surface area contributed by atoms with E-state index in [9.17, 15) is 14.9 Å². The molecule has 0 amide bonds. The Bertz CT molecular complexity index is 1360. The summed E-state index contributed by atoms with van der Waals surface area (Å²) in [4.78, 5) is 27.6. The number of nitrogens with one attached hydrogen (secondary N) is 1. The SMILES string of the molecule is CCOC(=O)C1C(c2cccc([N+](=O)[O-])c2)C(P(=O)(OCCC(C)C)OCCC(C)C)=C(C)NC1(C)N(C)Cc1ccccc1. The van der Waals surface area contributed by atoms with E-state index >= 15 is 4.57 Å². The summed E-state index contributed by atoms with van der Waals surface area (Å²) in [6.07, 6.45) is 1.30. The zero-order valence-corrected chi connectivity index (χ0v) is 28.8.